The normalized spacial score (nSPS) is 15.3. The van der Waals surface area contributed by atoms with Gasteiger partial charge in [-0.15, -0.1) is 11.8 Å². The first-order valence-corrected chi connectivity index (χ1v) is 17.7. The van der Waals surface area contributed by atoms with Crippen molar-refractivity contribution in [2.75, 3.05) is 32.1 Å². The van der Waals surface area contributed by atoms with Gasteiger partial charge in [-0.3, -0.25) is 9.89 Å². The van der Waals surface area contributed by atoms with Crippen LogP contribution in [0.3, 0.4) is 0 Å². The predicted molar refractivity (Wildman–Crippen MR) is 208 cm³/mol. The molecule has 4 N–H and O–H groups in total. The van der Waals surface area contributed by atoms with Crippen molar-refractivity contribution in [2.24, 2.45) is 22.4 Å². The van der Waals surface area contributed by atoms with Gasteiger partial charge >= 0.3 is 0 Å². The zero-order valence-corrected chi connectivity index (χ0v) is 30.3. The van der Waals surface area contributed by atoms with Crippen LogP contribution in [0, 0.1) is 24.7 Å². The van der Waals surface area contributed by atoms with Crippen LogP contribution in [0.4, 0.5) is 0 Å². The summed E-state index contributed by atoms with van der Waals surface area (Å²) >= 11 is 1.50. The summed E-state index contributed by atoms with van der Waals surface area (Å²) in [5, 5.41) is 0. The Morgan fingerprint density at radius 3 is 2.38 bits per heavy atom. The molecule has 1 heterocycles. The lowest BCUT2D eigenvalue weighted by atomic mass is 9.88. The topological polar surface area (TPSA) is 67.6 Å². The average Bonchev–Trinajstić information content (AvgIpc) is 3.05. The van der Waals surface area contributed by atoms with Gasteiger partial charge in [0.15, 0.2) is 0 Å². The highest BCUT2D eigenvalue weighted by atomic mass is 32.2. The summed E-state index contributed by atoms with van der Waals surface area (Å²) in [7, 11) is 0. The Morgan fingerprint density at radius 1 is 1.06 bits per heavy atom. The lowest BCUT2D eigenvalue weighted by Crippen LogP contribution is -2.47. The summed E-state index contributed by atoms with van der Waals surface area (Å²) < 4.78 is 0. The van der Waals surface area contributed by atoms with Gasteiger partial charge in [0.05, 0.1) is 10.6 Å². The third-order valence-electron chi connectivity index (χ3n) is 8.59. The van der Waals surface area contributed by atoms with Crippen LogP contribution in [0.1, 0.15) is 68.9 Å². The largest absolute Gasteiger partial charge is 0.404 e. The molecule has 248 valence electrons. The van der Waals surface area contributed by atoms with Gasteiger partial charge in [0.1, 0.15) is 0 Å². The Bertz CT molecular complexity index is 1620. The van der Waals surface area contributed by atoms with E-state index in [0.29, 0.717) is 12.4 Å². The number of aryl methyl sites for hydroxylation is 2. The molecule has 1 fully saturated rings. The molecule has 1 saturated heterocycles. The van der Waals surface area contributed by atoms with Crippen LogP contribution in [0.25, 0.3) is 5.57 Å². The van der Waals surface area contributed by atoms with E-state index < -0.39 is 0 Å². The van der Waals surface area contributed by atoms with Crippen molar-refractivity contribution in [3.8, 4) is 11.8 Å². The van der Waals surface area contributed by atoms with Crippen molar-refractivity contribution in [3.63, 3.8) is 0 Å². The van der Waals surface area contributed by atoms with E-state index in [2.05, 4.69) is 112 Å². The number of benzene rings is 2. The molecule has 1 aliphatic rings. The number of thioether (sulfide) groups is 1. The van der Waals surface area contributed by atoms with Gasteiger partial charge in [-0.1, -0.05) is 97.7 Å². The SMILES string of the molecule is C=C(C#C/C(SCN)=C(C)/C(=C/N)C(=NCC)c1ccc(C)cc1)/C=C\C(=C/C)CN1CC(CCc2cccc(C(=C)C)c2CC)C1. The van der Waals surface area contributed by atoms with Crippen LogP contribution in [0.2, 0.25) is 0 Å². The zero-order valence-electron chi connectivity index (χ0n) is 29.5. The van der Waals surface area contributed by atoms with Crippen LogP contribution < -0.4 is 11.5 Å². The molecule has 0 atom stereocenters. The minimum Gasteiger partial charge on any atom is -0.404 e. The molecule has 0 unspecified atom stereocenters. The van der Waals surface area contributed by atoms with E-state index in [1.807, 2.05) is 19.9 Å². The molecular weight excluding hydrogens is 593 g/mol. The van der Waals surface area contributed by atoms with E-state index in [9.17, 15) is 0 Å². The number of hydrogen-bond donors (Lipinski definition) is 2. The zero-order chi connectivity index (χ0) is 34.3. The number of allylic oxidation sites excluding steroid dienone is 7. The minimum atomic E-state index is 0.409. The first kappa shape index (κ1) is 37.6. The van der Waals surface area contributed by atoms with E-state index >= 15 is 0 Å². The first-order valence-electron chi connectivity index (χ1n) is 16.8. The predicted octanol–water partition coefficient (Wildman–Crippen LogP) is 8.79. The Balaban J connectivity index is 1.62. The second-order valence-corrected chi connectivity index (χ2v) is 13.2. The molecule has 47 heavy (non-hydrogen) atoms. The molecule has 0 aromatic heterocycles. The third kappa shape index (κ3) is 10.9. The quantitative estimate of drug-likeness (QED) is 0.0879. The van der Waals surface area contributed by atoms with E-state index in [-0.39, 0.29) is 0 Å². The van der Waals surface area contributed by atoms with Crippen LogP contribution in [-0.4, -0.2) is 42.7 Å². The fraction of sp³-hybridized carbons (Fsp3) is 0.357. The van der Waals surface area contributed by atoms with Gasteiger partial charge < -0.3 is 11.5 Å². The Kier molecular flexibility index (Phi) is 15.3. The van der Waals surface area contributed by atoms with Crippen molar-refractivity contribution >= 4 is 23.0 Å². The van der Waals surface area contributed by atoms with Crippen LogP contribution in [0.5, 0.6) is 0 Å². The van der Waals surface area contributed by atoms with E-state index in [1.54, 1.807) is 6.20 Å². The highest BCUT2D eigenvalue weighted by Gasteiger charge is 2.26. The molecule has 4 nitrogen and oxygen atoms in total. The molecule has 5 heteroatoms. The summed E-state index contributed by atoms with van der Waals surface area (Å²) in [4.78, 5) is 8.19. The number of hydrogen-bond acceptors (Lipinski definition) is 5. The number of likely N-dealkylation sites (tertiary alicyclic amines) is 1. The number of aliphatic imine (C=N–C) groups is 1. The van der Waals surface area contributed by atoms with Gasteiger partial charge in [0, 0.05) is 55.0 Å². The van der Waals surface area contributed by atoms with Crippen LogP contribution in [0.15, 0.2) is 112 Å². The molecule has 2 aromatic carbocycles. The van der Waals surface area contributed by atoms with E-state index in [0.717, 1.165) is 76.9 Å². The molecule has 0 aliphatic carbocycles. The molecule has 1 aliphatic heterocycles. The summed E-state index contributed by atoms with van der Waals surface area (Å²) in [6.45, 7) is 24.9. The Morgan fingerprint density at radius 2 is 1.79 bits per heavy atom. The molecule has 0 amide bonds. The summed E-state index contributed by atoms with van der Waals surface area (Å²) in [6.07, 6.45) is 11.4. The smallest absolute Gasteiger partial charge is 0.0736 e. The fourth-order valence-electron chi connectivity index (χ4n) is 5.95. The maximum absolute atomic E-state index is 6.19. The molecule has 0 bridgehead atoms. The van der Waals surface area contributed by atoms with E-state index in [4.69, 9.17) is 16.5 Å². The van der Waals surface area contributed by atoms with Crippen molar-refractivity contribution in [2.45, 2.75) is 60.8 Å². The van der Waals surface area contributed by atoms with Gasteiger partial charge in [-0.05, 0) is 93.7 Å². The number of rotatable bonds is 15. The number of nitrogens with two attached hydrogens (primary N) is 2. The molecule has 0 radical (unpaired) electrons. The van der Waals surface area contributed by atoms with Crippen molar-refractivity contribution in [1.82, 2.24) is 4.90 Å². The highest BCUT2D eigenvalue weighted by molar-refractivity contribution is 8.03. The lowest BCUT2D eigenvalue weighted by Gasteiger charge is -2.40. The van der Waals surface area contributed by atoms with Crippen LogP contribution >= 0.6 is 11.8 Å². The number of nitrogens with zero attached hydrogens (tertiary/aromatic N) is 2. The van der Waals surface area contributed by atoms with Gasteiger partial charge in [0.2, 0.25) is 0 Å². The second kappa shape index (κ2) is 19.1. The van der Waals surface area contributed by atoms with Crippen molar-refractivity contribution in [3.05, 3.63) is 135 Å². The molecule has 0 spiro atoms. The van der Waals surface area contributed by atoms with E-state index in [1.165, 1.54) is 46.0 Å². The Labute approximate surface area is 289 Å². The summed E-state index contributed by atoms with van der Waals surface area (Å²) in [5.41, 5.74) is 24.5. The molecular formula is C42H54N4S. The monoisotopic (exact) mass is 646 g/mol. The molecule has 0 saturated carbocycles. The second-order valence-electron chi connectivity index (χ2n) is 12.2. The Hall–Kier alpha value is -3.82. The molecule has 3 rings (SSSR count). The van der Waals surface area contributed by atoms with Gasteiger partial charge in [0.25, 0.3) is 0 Å². The van der Waals surface area contributed by atoms with Gasteiger partial charge in [-0.25, -0.2) is 0 Å². The lowest BCUT2D eigenvalue weighted by molar-refractivity contribution is 0.107. The molecule has 2 aromatic rings. The van der Waals surface area contributed by atoms with Crippen LogP contribution in [-0.2, 0) is 12.8 Å². The third-order valence-corrected chi connectivity index (χ3v) is 9.45. The average molecular weight is 647 g/mol. The highest BCUT2D eigenvalue weighted by Crippen LogP contribution is 2.28. The van der Waals surface area contributed by atoms with Gasteiger partial charge in [-0.2, -0.15) is 0 Å². The van der Waals surface area contributed by atoms with Crippen molar-refractivity contribution in [1.29, 1.82) is 0 Å². The maximum Gasteiger partial charge on any atom is 0.0736 e. The standard InChI is InChI=1S/C42H54N4S/c1-9-34(26-46-27-35(28-46)20-23-36-13-12-14-39(30(4)5)38(36)10-2)19-15-31(6)18-24-41(47-29-44)33(8)40(25-43)42(45-11-3)37-21-16-32(7)17-22-37/h9,12-17,19,21-22,25,35H,4,6,10-11,20,23,26-29,43-44H2,1-3,5,7-8H3/b19-15-,34-9+,40-25-,41-33-,45-42?. The van der Waals surface area contributed by atoms with Crippen molar-refractivity contribution < 1.29 is 0 Å². The minimum absolute atomic E-state index is 0.409. The fourth-order valence-corrected chi connectivity index (χ4v) is 6.56. The first-order chi connectivity index (χ1) is 22.6. The maximum atomic E-state index is 6.19. The summed E-state index contributed by atoms with van der Waals surface area (Å²) in [5.74, 6) is 7.72. The summed E-state index contributed by atoms with van der Waals surface area (Å²) in [6, 6.07) is 15.0.